The van der Waals surface area contributed by atoms with Crippen LogP contribution in [0.25, 0.3) is 0 Å². The largest absolute Gasteiger partial charge is 0.337 e. The molecule has 0 spiro atoms. The van der Waals surface area contributed by atoms with Crippen molar-refractivity contribution >= 4 is 0 Å². The van der Waals surface area contributed by atoms with Gasteiger partial charge in [0, 0.05) is 11.9 Å². The summed E-state index contributed by atoms with van der Waals surface area (Å²) in [6.45, 7) is 0. The summed E-state index contributed by atoms with van der Waals surface area (Å²) < 4.78 is 5.42. The Balaban J connectivity index is 1.76. The summed E-state index contributed by atoms with van der Waals surface area (Å²) in [6.07, 6.45) is 8.97. The number of rotatable bonds is 3. The maximum absolute atomic E-state index is 6.48. The Bertz CT molecular complexity index is 544. The highest BCUT2D eigenvalue weighted by atomic mass is 16.5. The maximum Gasteiger partial charge on any atom is 0.246 e. The zero-order valence-corrected chi connectivity index (χ0v) is 11.6. The molecule has 1 aliphatic carbocycles. The normalized spacial score (nSPS) is 18.6. The van der Waals surface area contributed by atoms with E-state index in [1.165, 1.54) is 12.8 Å². The lowest BCUT2D eigenvalue weighted by Gasteiger charge is -2.22. The Morgan fingerprint density at radius 2 is 1.95 bits per heavy atom. The van der Waals surface area contributed by atoms with Crippen molar-refractivity contribution in [1.29, 1.82) is 0 Å². The van der Waals surface area contributed by atoms with E-state index in [1.807, 2.05) is 18.2 Å². The lowest BCUT2D eigenvalue weighted by Crippen LogP contribution is -2.36. The third-order valence-electron chi connectivity index (χ3n) is 3.96. The van der Waals surface area contributed by atoms with Crippen LogP contribution in [0.15, 0.2) is 28.9 Å². The zero-order valence-electron chi connectivity index (χ0n) is 11.6. The van der Waals surface area contributed by atoms with Crippen molar-refractivity contribution in [2.75, 3.05) is 0 Å². The molecule has 2 heterocycles. The molecule has 0 amide bonds. The topological polar surface area (TPSA) is 77.8 Å². The van der Waals surface area contributed by atoms with Crippen molar-refractivity contribution in [3.8, 4) is 0 Å². The number of nitrogens with two attached hydrogens (primary N) is 1. The summed E-state index contributed by atoms with van der Waals surface area (Å²) in [5.74, 6) is 1.25. The number of hydrogen-bond donors (Lipinski definition) is 1. The average Bonchev–Trinajstić information content (AvgIpc) is 2.82. The van der Waals surface area contributed by atoms with E-state index in [0.29, 0.717) is 18.1 Å². The van der Waals surface area contributed by atoms with Gasteiger partial charge in [0.15, 0.2) is 5.82 Å². The van der Waals surface area contributed by atoms with E-state index in [0.717, 1.165) is 31.4 Å². The summed E-state index contributed by atoms with van der Waals surface area (Å²) in [5, 5.41) is 4.06. The smallest absolute Gasteiger partial charge is 0.246 e. The molecule has 5 nitrogen and oxygen atoms in total. The lowest BCUT2D eigenvalue weighted by atomic mass is 9.91. The molecule has 0 aliphatic heterocycles. The van der Waals surface area contributed by atoms with E-state index in [-0.39, 0.29) is 0 Å². The second-order valence-electron chi connectivity index (χ2n) is 5.58. The van der Waals surface area contributed by atoms with Gasteiger partial charge < -0.3 is 10.3 Å². The van der Waals surface area contributed by atoms with E-state index in [2.05, 4.69) is 15.1 Å². The molecule has 0 unspecified atom stereocenters. The fourth-order valence-corrected chi connectivity index (χ4v) is 2.77. The summed E-state index contributed by atoms with van der Waals surface area (Å²) in [4.78, 5) is 8.78. The van der Waals surface area contributed by atoms with E-state index >= 15 is 0 Å². The molecule has 0 atom stereocenters. The van der Waals surface area contributed by atoms with Crippen molar-refractivity contribution < 1.29 is 4.52 Å². The second-order valence-corrected chi connectivity index (χ2v) is 5.58. The van der Waals surface area contributed by atoms with Gasteiger partial charge >= 0.3 is 0 Å². The number of aromatic nitrogens is 3. The number of hydrogen-bond acceptors (Lipinski definition) is 5. The molecule has 2 aromatic heterocycles. The van der Waals surface area contributed by atoms with Crippen LogP contribution in [-0.4, -0.2) is 15.1 Å². The average molecular weight is 272 g/mol. The van der Waals surface area contributed by atoms with Gasteiger partial charge in [-0.2, -0.15) is 4.98 Å². The van der Waals surface area contributed by atoms with Crippen LogP contribution in [0, 0.1) is 0 Å². The monoisotopic (exact) mass is 272 g/mol. The van der Waals surface area contributed by atoms with Gasteiger partial charge in [-0.05, 0) is 25.0 Å². The first kappa shape index (κ1) is 13.2. The second kappa shape index (κ2) is 5.71. The summed E-state index contributed by atoms with van der Waals surface area (Å²) in [7, 11) is 0. The van der Waals surface area contributed by atoms with Crippen LogP contribution < -0.4 is 5.73 Å². The van der Waals surface area contributed by atoms with Gasteiger partial charge in [0.05, 0.1) is 12.0 Å². The number of pyridine rings is 1. The minimum Gasteiger partial charge on any atom is -0.337 e. The fourth-order valence-electron chi connectivity index (χ4n) is 2.77. The Morgan fingerprint density at radius 3 is 2.65 bits per heavy atom. The van der Waals surface area contributed by atoms with E-state index in [1.54, 1.807) is 6.20 Å². The predicted octanol–water partition coefficient (Wildman–Crippen LogP) is 2.56. The van der Waals surface area contributed by atoms with Crippen molar-refractivity contribution in [2.24, 2.45) is 5.73 Å². The predicted molar refractivity (Wildman–Crippen MR) is 74.9 cm³/mol. The summed E-state index contributed by atoms with van der Waals surface area (Å²) >= 11 is 0. The fraction of sp³-hybridized carbons (Fsp3) is 0.533. The van der Waals surface area contributed by atoms with E-state index in [9.17, 15) is 0 Å². The highest BCUT2D eigenvalue weighted by Gasteiger charge is 2.34. The minimum atomic E-state index is -0.439. The highest BCUT2D eigenvalue weighted by Crippen LogP contribution is 2.32. The molecule has 1 saturated carbocycles. The maximum atomic E-state index is 6.48. The Kier molecular flexibility index (Phi) is 3.78. The van der Waals surface area contributed by atoms with Crippen molar-refractivity contribution in [1.82, 2.24) is 15.1 Å². The first-order valence-corrected chi connectivity index (χ1v) is 7.28. The van der Waals surface area contributed by atoms with E-state index < -0.39 is 5.54 Å². The van der Waals surface area contributed by atoms with Crippen molar-refractivity contribution in [3.63, 3.8) is 0 Å². The van der Waals surface area contributed by atoms with Gasteiger partial charge in [-0.1, -0.05) is 36.9 Å². The molecule has 106 valence electrons. The van der Waals surface area contributed by atoms with Crippen LogP contribution in [0.4, 0.5) is 0 Å². The summed E-state index contributed by atoms with van der Waals surface area (Å²) in [5.41, 5.74) is 6.97. The van der Waals surface area contributed by atoms with Crippen LogP contribution in [0.3, 0.4) is 0 Å². The molecule has 0 radical (unpaired) electrons. The third-order valence-corrected chi connectivity index (χ3v) is 3.96. The zero-order chi connectivity index (χ0) is 13.8. The first-order valence-electron chi connectivity index (χ1n) is 7.28. The third kappa shape index (κ3) is 2.88. The SMILES string of the molecule is NC1(c2nc(Cc3ccccn3)no2)CCCCCC1. The highest BCUT2D eigenvalue weighted by molar-refractivity contribution is 5.11. The molecule has 0 aromatic carbocycles. The standard InChI is InChI=1S/C15H20N4O/c16-15(8-4-1-2-5-9-15)14-18-13(19-20-14)11-12-7-3-6-10-17-12/h3,6-7,10H,1-2,4-5,8-9,11,16H2. The van der Waals surface area contributed by atoms with Crippen LogP contribution in [-0.2, 0) is 12.0 Å². The van der Waals surface area contributed by atoms with Gasteiger partial charge in [-0.25, -0.2) is 0 Å². The Hall–Kier alpha value is -1.75. The Morgan fingerprint density at radius 1 is 1.15 bits per heavy atom. The van der Waals surface area contributed by atoms with Crippen LogP contribution in [0.1, 0.15) is 55.9 Å². The molecule has 2 N–H and O–H groups in total. The molecule has 0 saturated heterocycles. The van der Waals surface area contributed by atoms with Gasteiger partial charge in [0.1, 0.15) is 0 Å². The van der Waals surface area contributed by atoms with Crippen LogP contribution in [0.5, 0.6) is 0 Å². The lowest BCUT2D eigenvalue weighted by molar-refractivity contribution is 0.256. The molecule has 2 aromatic rings. The van der Waals surface area contributed by atoms with Gasteiger partial charge in [-0.15, -0.1) is 0 Å². The van der Waals surface area contributed by atoms with Crippen LogP contribution in [0.2, 0.25) is 0 Å². The molecule has 1 aliphatic rings. The molecule has 20 heavy (non-hydrogen) atoms. The molecular formula is C15H20N4O. The van der Waals surface area contributed by atoms with Gasteiger partial charge in [0.25, 0.3) is 0 Å². The quantitative estimate of drug-likeness (QED) is 0.869. The van der Waals surface area contributed by atoms with Crippen LogP contribution >= 0.6 is 0 Å². The molecule has 0 bridgehead atoms. The molecule has 3 rings (SSSR count). The summed E-state index contributed by atoms with van der Waals surface area (Å²) in [6, 6.07) is 5.81. The molecular weight excluding hydrogens is 252 g/mol. The number of nitrogens with zero attached hydrogens (tertiary/aromatic N) is 3. The first-order chi connectivity index (χ1) is 9.76. The van der Waals surface area contributed by atoms with Gasteiger partial charge in [-0.3, -0.25) is 4.98 Å². The molecule has 5 heteroatoms. The van der Waals surface area contributed by atoms with Gasteiger partial charge in [0.2, 0.25) is 5.89 Å². The Labute approximate surface area is 118 Å². The van der Waals surface area contributed by atoms with Crippen molar-refractivity contribution in [2.45, 2.75) is 50.5 Å². The van der Waals surface area contributed by atoms with E-state index in [4.69, 9.17) is 10.3 Å². The molecule has 1 fully saturated rings. The minimum absolute atomic E-state index is 0.439. The van der Waals surface area contributed by atoms with Crippen molar-refractivity contribution in [3.05, 3.63) is 41.8 Å².